The van der Waals surface area contributed by atoms with Gasteiger partial charge >= 0.3 is 6.18 Å². The number of rotatable bonds is 6. The SMILES string of the molecule is CC(=O)N(CC(=O)NCCc1ccccc1)c1ccc(Cl)c(C(F)(F)F)c1. The molecule has 0 saturated heterocycles. The second-order valence-corrected chi connectivity index (χ2v) is 6.26. The quantitative estimate of drug-likeness (QED) is 0.797. The number of carbonyl (C=O) groups excluding carboxylic acids is 2. The van der Waals surface area contributed by atoms with Gasteiger partial charge in [-0.1, -0.05) is 41.9 Å². The zero-order chi connectivity index (χ0) is 20.0. The van der Waals surface area contributed by atoms with E-state index >= 15 is 0 Å². The summed E-state index contributed by atoms with van der Waals surface area (Å²) in [5, 5.41) is 2.19. The third-order valence-electron chi connectivity index (χ3n) is 3.83. The average molecular weight is 399 g/mol. The van der Waals surface area contributed by atoms with Crippen molar-refractivity contribution >= 4 is 29.1 Å². The first kappa shape index (κ1) is 20.8. The lowest BCUT2D eigenvalue weighted by molar-refractivity contribution is -0.137. The molecule has 2 aromatic rings. The topological polar surface area (TPSA) is 49.4 Å². The number of anilines is 1. The number of hydrogen-bond acceptors (Lipinski definition) is 2. The van der Waals surface area contributed by atoms with Crippen LogP contribution in [0.15, 0.2) is 48.5 Å². The van der Waals surface area contributed by atoms with Crippen molar-refractivity contribution in [2.75, 3.05) is 18.0 Å². The molecule has 27 heavy (non-hydrogen) atoms. The molecule has 1 N–H and O–H groups in total. The van der Waals surface area contributed by atoms with Gasteiger partial charge in [0.1, 0.15) is 6.54 Å². The summed E-state index contributed by atoms with van der Waals surface area (Å²) < 4.78 is 39.0. The third kappa shape index (κ3) is 5.99. The highest BCUT2D eigenvalue weighted by Crippen LogP contribution is 2.36. The summed E-state index contributed by atoms with van der Waals surface area (Å²) in [7, 11) is 0. The van der Waals surface area contributed by atoms with Gasteiger partial charge in [0.15, 0.2) is 0 Å². The number of amides is 2. The molecule has 0 radical (unpaired) electrons. The van der Waals surface area contributed by atoms with Gasteiger partial charge < -0.3 is 10.2 Å². The molecule has 0 aliphatic carbocycles. The van der Waals surface area contributed by atoms with Crippen molar-refractivity contribution in [3.63, 3.8) is 0 Å². The van der Waals surface area contributed by atoms with Crippen molar-refractivity contribution < 1.29 is 22.8 Å². The molecule has 0 fully saturated rings. The van der Waals surface area contributed by atoms with Crippen molar-refractivity contribution in [3.05, 3.63) is 64.7 Å². The van der Waals surface area contributed by atoms with E-state index in [-0.39, 0.29) is 12.2 Å². The predicted octanol–water partition coefficient (Wildman–Crippen LogP) is 4.07. The number of nitrogens with one attached hydrogen (secondary N) is 1. The first-order valence-corrected chi connectivity index (χ1v) is 8.51. The Bertz CT molecular complexity index is 810. The number of hydrogen-bond donors (Lipinski definition) is 1. The standard InChI is InChI=1S/C19H18ClF3N2O2/c1-13(26)25(15-7-8-17(20)16(11-15)19(21,22)23)12-18(27)24-10-9-14-5-3-2-4-6-14/h2-8,11H,9-10,12H2,1H3,(H,24,27). The minimum atomic E-state index is -4.66. The van der Waals surface area contributed by atoms with Crippen LogP contribution in [0.3, 0.4) is 0 Å². The second kappa shape index (κ2) is 8.90. The maximum atomic E-state index is 13.0. The van der Waals surface area contributed by atoms with Crippen LogP contribution in [0, 0.1) is 0 Å². The Morgan fingerprint density at radius 3 is 2.37 bits per heavy atom. The molecule has 0 aliphatic rings. The molecule has 0 saturated carbocycles. The minimum absolute atomic E-state index is 0.0440. The first-order chi connectivity index (χ1) is 12.7. The summed E-state index contributed by atoms with van der Waals surface area (Å²) in [5.41, 5.74) is -0.0661. The lowest BCUT2D eigenvalue weighted by Gasteiger charge is -2.22. The minimum Gasteiger partial charge on any atom is -0.354 e. The molecular formula is C19H18ClF3N2O2. The molecule has 0 atom stereocenters. The first-order valence-electron chi connectivity index (χ1n) is 8.14. The summed E-state index contributed by atoms with van der Waals surface area (Å²) in [6.45, 7) is 1.14. The number of carbonyl (C=O) groups is 2. The molecule has 2 amide bonds. The van der Waals surface area contributed by atoms with Gasteiger partial charge in [0.05, 0.1) is 10.6 Å². The summed E-state index contributed by atoms with van der Waals surface area (Å²) in [5.74, 6) is -1.02. The van der Waals surface area contributed by atoms with Gasteiger partial charge in [-0.05, 0) is 30.2 Å². The summed E-state index contributed by atoms with van der Waals surface area (Å²) in [4.78, 5) is 24.9. The van der Waals surface area contributed by atoms with E-state index in [1.165, 1.54) is 13.0 Å². The Hall–Kier alpha value is -2.54. The highest BCUT2D eigenvalue weighted by molar-refractivity contribution is 6.31. The molecular weight excluding hydrogens is 381 g/mol. The zero-order valence-corrected chi connectivity index (χ0v) is 15.3. The van der Waals surface area contributed by atoms with E-state index in [9.17, 15) is 22.8 Å². The van der Waals surface area contributed by atoms with Crippen LogP contribution in [0.5, 0.6) is 0 Å². The largest absolute Gasteiger partial charge is 0.417 e. The smallest absolute Gasteiger partial charge is 0.354 e. The number of alkyl halides is 3. The Labute approximate surface area is 159 Å². The Balaban J connectivity index is 2.05. The fraction of sp³-hybridized carbons (Fsp3) is 0.263. The van der Waals surface area contributed by atoms with Gasteiger partial charge in [-0.25, -0.2) is 0 Å². The number of halogens is 4. The van der Waals surface area contributed by atoms with Gasteiger partial charge in [-0.2, -0.15) is 13.2 Å². The Morgan fingerprint density at radius 2 is 1.78 bits per heavy atom. The van der Waals surface area contributed by atoms with E-state index < -0.39 is 28.6 Å². The van der Waals surface area contributed by atoms with Crippen LogP contribution in [0.4, 0.5) is 18.9 Å². The fourth-order valence-corrected chi connectivity index (χ4v) is 2.70. The summed E-state index contributed by atoms with van der Waals surface area (Å²) in [6.07, 6.45) is -4.06. The van der Waals surface area contributed by atoms with Crippen molar-refractivity contribution in [2.45, 2.75) is 19.5 Å². The average Bonchev–Trinajstić information content (AvgIpc) is 2.60. The van der Waals surface area contributed by atoms with Gasteiger partial charge in [0.25, 0.3) is 0 Å². The van der Waals surface area contributed by atoms with Crippen LogP contribution in [0.1, 0.15) is 18.1 Å². The monoisotopic (exact) mass is 398 g/mol. The molecule has 4 nitrogen and oxygen atoms in total. The normalized spacial score (nSPS) is 11.1. The van der Waals surface area contributed by atoms with Crippen LogP contribution >= 0.6 is 11.6 Å². The molecule has 0 bridgehead atoms. The molecule has 144 valence electrons. The third-order valence-corrected chi connectivity index (χ3v) is 4.16. The Morgan fingerprint density at radius 1 is 1.11 bits per heavy atom. The molecule has 8 heteroatoms. The van der Waals surface area contributed by atoms with Crippen molar-refractivity contribution in [1.82, 2.24) is 5.32 Å². The van der Waals surface area contributed by atoms with Crippen LogP contribution in [-0.2, 0) is 22.2 Å². The molecule has 0 spiro atoms. The zero-order valence-electron chi connectivity index (χ0n) is 14.5. The second-order valence-electron chi connectivity index (χ2n) is 5.85. The lowest BCUT2D eigenvalue weighted by Crippen LogP contribution is -2.40. The highest BCUT2D eigenvalue weighted by Gasteiger charge is 2.34. The van der Waals surface area contributed by atoms with Gasteiger partial charge in [0.2, 0.25) is 11.8 Å². The van der Waals surface area contributed by atoms with Crippen molar-refractivity contribution in [3.8, 4) is 0 Å². The van der Waals surface area contributed by atoms with E-state index in [0.717, 1.165) is 22.6 Å². The highest BCUT2D eigenvalue weighted by atomic mass is 35.5. The maximum Gasteiger partial charge on any atom is 0.417 e. The van der Waals surface area contributed by atoms with Gasteiger partial charge in [-0.15, -0.1) is 0 Å². The molecule has 0 aromatic heterocycles. The summed E-state index contributed by atoms with van der Waals surface area (Å²) >= 11 is 5.59. The van der Waals surface area contributed by atoms with Crippen molar-refractivity contribution in [1.29, 1.82) is 0 Å². The maximum absolute atomic E-state index is 13.0. The lowest BCUT2D eigenvalue weighted by atomic mass is 10.1. The van der Waals surface area contributed by atoms with Crippen molar-refractivity contribution in [2.24, 2.45) is 0 Å². The van der Waals surface area contributed by atoms with E-state index in [0.29, 0.717) is 13.0 Å². The molecule has 0 heterocycles. The van der Waals surface area contributed by atoms with Crippen LogP contribution in [0.2, 0.25) is 5.02 Å². The predicted molar refractivity (Wildman–Crippen MR) is 97.6 cm³/mol. The molecule has 2 aromatic carbocycles. The summed E-state index contributed by atoms with van der Waals surface area (Å²) in [6, 6.07) is 12.6. The van der Waals surface area contributed by atoms with E-state index in [1.54, 1.807) is 0 Å². The van der Waals surface area contributed by atoms with E-state index in [2.05, 4.69) is 5.32 Å². The molecule has 0 unspecified atom stereocenters. The van der Waals surface area contributed by atoms with Gasteiger partial charge in [-0.3, -0.25) is 9.59 Å². The molecule has 0 aliphatic heterocycles. The Kier molecular flexibility index (Phi) is 6.85. The van der Waals surface area contributed by atoms with E-state index in [4.69, 9.17) is 11.6 Å². The van der Waals surface area contributed by atoms with Gasteiger partial charge in [0, 0.05) is 19.2 Å². The van der Waals surface area contributed by atoms with Crippen LogP contribution < -0.4 is 10.2 Å². The molecule has 2 rings (SSSR count). The van der Waals surface area contributed by atoms with Crippen LogP contribution in [-0.4, -0.2) is 24.9 Å². The fourth-order valence-electron chi connectivity index (χ4n) is 2.47. The van der Waals surface area contributed by atoms with Crippen LogP contribution in [0.25, 0.3) is 0 Å². The number of benzene rings is 2. The number of nitrogens with zero attached hydrogens (tertiary/aromatic N) is 1. The van der Waals surface area contributed by atoms with E-state index in [1.807, 2.05) is 30.3 Å².